The number of aromatic hydroxyl groups is 1. The molecule has 1 fully saturated rings. The maximum Gasteiger partial charge on any atom is 0.261 e. The van der Waals surface area contributed by atoms with Crippen LogP contribution in [0, 0.1) is 17.8 Å². The van der Waals surface area contributed by atoms with Gasteiger partial charge in [0.1, 0.15) is 5.75 Å². The van der Waals surface area contributed by atoms with Crippen LogP contribution in [0.1, 0.15) is 51.3 Å². The highest BCUT2D eigenvalue weighted by Gasteiger charge is 2.56. The largest absolute Gasteiger partial charge is 0.507 e. The van der Waals surface area contributed by atoms with Crippen LogP contribution in [0.3, 0.4) is 0 Å². The Bertz CT molecular complexity index is 2580. The summed E-state index contributed by atoms with van der Waals surface area (Å²) in [7, 11) is -3.11. The van der Waals surface area contributed by atoms with Crippen molar-refractivity contribution < 1.29 is 29.3 Å². The van der Waals surface area contributed by atoms with E-state index in [4.69, 9.17) is 4.43 Å². The first-order chi connectivity index (χ1) is 31.0. The summed E-state index contributed by atoms with van der Waals surface area (Å²) in [6.45, 7) is 6.23. The minimum absolute atomic E-state index is 0.0849. The standard InChI is InChI=1S/C54H55N3O6Si/c1-54(2,3)64(43-20-9-5-10-21-43,44-22-11-6-12-23-44)63-36-39-34-45-51(53(62)57(52(45)61)42-29-27-41(28-30-42)56-40-18-7-4-8-19-40)46(35-58)50(39)49(60)31-26-37(47-24-15-16-32-55-47)33-38-17-13-14-25-48(38)59/h4-25,27-30,32-33,45-46,49,51,56,58-60H,26,31,34-36H2,1-3H3/b37-33-/t45-,46+,49-,51-/m1/s1. The molecule has 1 saturated heterocycles. The number of aromatic nitrogens is 1. The third-order valence-corrected chi connectivity index (χ3v) is 17.7. The average molecular weight is 870 g/mol. The lowest BCUT2D eigenvalue weighted by Gasteiger charge is -2.44. The Balaban J connectivity index is 1.18. The van der Waals surface area contributed by atoms with E-state index in [1.165, 1.54) is 4.90 Å². The number of aliphatic hydroxyl groups is 2. The van der Waals surface area contributed by atoms with E-state index in [0.29, 0.717) is 28.9 Å². The van der Waals surface area contributed by atoms with E-state index in [9.17, 15) is 24.9 Å². The Hall–Kier alpha value is -6.43. The molecule has 2 heterocycles. The van der Waals surface area contributed by atoms with Crippen molar-refractivity contribution in [2.75, 3.05) is 23.4 Å². The number of fused-ring (bicyclic) bond motifs is 1. The molecule has 0 unspecified atom stereocenters. The number of hydrogen-bond acceptors (Lipinski definition) is 8. The number of rotatable bonds is 15. The van der Waals surface area contributed by atoms with Gasteiger partial charge in [0.05, 0.1) is 42.5 Å². The molecule has 9 nitrogen and oxygen atoms in total. The molecule has 326 valence electrons. The van der Waals surface area contributed by atoms with E-state index in [0.717, 1.165) is 32.9 Å². The Morgan fingerprint density at radius 1 is 0.797 bits per heavy atom. The van der Waals surface area contributed by atoms with Crippen molar-refractivity contribution in [3.8, 4) is 5.75 Å². The van der Waals surface area contributed by atoms with Gasteiger partial charge in [-0.25, -0.2) is 0 Å². The zero-order chi connectivity index (χ0) is 44.8. The van der Waals surface area contributed by atoms with Crippen LogP contribution < -0.4 is 20.6 Å². The predicted octanol–water partition coefficient (Wildman–Crippen LogP) is 8.90. The number of pyridine rings is 1. The number of benzene rings is 5. The average Bonchev–Trinajstić information content (AvgIpc) is 3.56. The highest BCUT2D eigenvalue weighted by Crippen LogP contribution is 2.48. The monoisotopic (exact) mass is 869 g/mol. The van der Waals surface area contributed by atoms with Crippen LogP contribution in [0.15, 0.2) is 175 Å². The summed E-state index contributed by atoms with van der Waals surface area (Å²) in [4.78, 5) is 35.2. The summed E-state index contributed by atoms with van der Waals surface area (Å²) in [5.74, 6) is -3.14. The molecule has 2 amide bonds. The number of phenols is 1. The molecule has 0 bridgehead atoms. The van der Waals surface area contributed by atoms with Crippen LogP contribution in [-0.4, -0.2) is 59.8 Å². The van der Waals surface area contributed by atoms with Gasteiger partial charge in [0, 0.05) is 29.1 Å². The van der Waals surface area contributed by atoms with Crippen molar-refractivity contribution in [3.63, 3.8) is 0 Å². The molecular formula is C54H55N3O6Si. The molecule has 0 saturated carbocycles. The van der Waals surface area contributed by atoms with Crippen molar-refractivity contribution in [2.45, 2.75) is 51.2 Å². The molecule has 64 heavy (non-hydrogen) atoms. The van der Waals surface area contributed by atoms with E-state index >= 15 is 0 Å². The topological polar surface area (TPSA) is 132 Å². The number of anilines is 3. The fraction of sp³-hybridized carbons (Fsp3) is 0.241. The lowest BCUT2D eigenvalue weighted by molar-refractivity contribution is -0.123. The van der Waals surface area contributed by atoms with Gasteiger partial charge in [-0.15, -0.1) is 0 Å². The predicted molar refractivity (Wildman–Crippen MR) is 257 cm³/mol. The molecule has 4 atom stereocenters. The van der Waals surface area contributed by atoms with E-state index < -0.39 is 44.7 Å². The number of hydrogen-bond donors (Lipinski definition) is 4. The fourth-order valence-electron chi connectivity index (χ4n) is 9.76. The summed E-state index contributed by atoms with van der Waals surface area (Å²) < 4.78 is 7.47. The first-order valence-corrected chi connectivity index (χ1v) is 23.9. The summed E-state index contributed by atoms with van der Waals surface area (Å²) in [6.07, 6.45) is 3.22. The summed E-state index contributed by atoms with van der Waals surface area (Å²) in [5.41, 5.74) is 5.52. The van der Waals surface area contributed by atoms with Gasteiger partial charge in [-0.3, -0.25) is 19.5 Å². The number of nitrogens with zero attached hydrogens (tertiary/aromatic N) is 2. The molecule has 10 heteroatoms. The quantitative estimate of drug-likeness (QED) is 0.0458. The van der Waals surface area contributed by atoms with Gasteiger partial charge in [0.15, 0.2) is 0 Å². The molecule has 0 spiro atoms. The van der Waals surface area contributed by atoms with Crippen LogP contribution in [-0.2, 0) is 14.0 Å². The number of para-hydroxylation sites is 2. The van der Waals surface area contributed by atoms with Gasteiger partial charge >= 0.3 is 0 Å². The van der Waals surface area contributed by atoms with E-state index in [1.807, 2.05) is 115 Å². The smallest absolute Gasteiger partial charge is 0.261 e. The Kier molecular flexibility index (Phi) is 13.2. The lowest BCUT2D eigenvalue weighted by atomic mass is 9.68. The fourth-order valence-corrected chi connectivity index (χ4v) is 14.3. The molecular weight excluding hydrogens is 815 g/mol. The third-order valence-electron chi connectivity index (χ3n) is 12.8. The van der Waals surface area contributed by atoms with Crippen molar-refractivity contribution in [1.29, 1.82) is 0 Å². The molecule has 5 aromatic carbocycles. The zero-order valence-electron chi connectivity index (χ0n) is 36.5. The third kappa shape index (κ3) is 8.87. The SMILES string of the molecule is CC(C)(C)[Si](OCC1=C([C@H](O)CC/C(=C/c2ccccc2O)c2ccccn2)[C@H](CO)[C@@H]2C(=O)N(c3ccc(Nc4ccccc4)cc3)C(=O)[C@@H]2C1)(c1ccccc1)c1ccccc1. The molecule has 6 aromatic rings. The minimum Gasteiger partial charge on any atom is -0.507 e. The van der Waals surface area contributed by atoms with Crippen LogP contribution >= 0.6 is 0 Å². The Morgan fingerprint density at radius 3 is 1.98 bits per heavy atom. The van der Waals surface area contributed by atoms with Crippen LogP contribution in [0.2, 0.25) is 5.04 Å². The first-order valence-electron chi connectivity index (χ1n) is 22.0. The Morgan fingerprint density at radius 2 is 1.39 bits per heavy atom. The van der Waals surface area contributed by atoms with E-state index in [-0.39, 0.29) is 36.1 Å². The van der Waals surface area contributed by atoms with Gasteiger partial charge in [0.2, 0.25) is 11.8 Å². The van der Waals surface area contributed by atoms with Gasteiger partial charge in [0.25, 0.3) is 8.32 Å². The van der Waals surface area contributed by atoms with E-state index in [1.54, 1.807) is 30.5 Å². The van der Waals surface area contributed by atoms with E-state index in [2.05, 4.69) is 55.3 Å². The number of nitrogens with one attached hydrogen (secondary N) is 1. The number of imide groups is 1. The van der Waals surface area contributed by atoms with Gasteiger partial charge in [-0.2, -0.15) is 0 Å². The van der Waals surface area contributed by atoms with Crippen molar-refractivity contribution >= 4 is 59.2 Å². The molecule has 8 rings (SSSR count). The summed E-state index contributed by atoms with van der Waals surface area (Å²) in [6, 6.07) is 50.2. The lowest BCUT2D eigenvalue weighted by Crippen LogP contribution is -2.66. The maximum absolute atomic E-state index is 14.7. The second-order valence-corrected chi connectivity index (χ2v) is 22.0. The summed E-state index contributed by atoms with van der Waals surface area (Å²) >= 11 is 0. The number of carbonyl (C=O) groups excluding carboxylic acids is 2. The van der Waals surface area contributed by atoms with Gasteiger partial charge < -0.3 is 25.1 Å². The Labute approximate surface area is 376 Å². The van der Waals surface area contributed by atoms with Crippen molar-refractivity contribution in [1.82, 2.24) is 4.98 Å². The minimum atomic E-state index is -3.11. The number of amides is 2. The van der Waals surface area contributed by atoms with Crippen molar-refractivity contribution in [3.05, 3.63) is 186 Å². The first kappa shape index (κ1) is 44.2. The maximum atomic E-state index is 14.7. The van der Waals surface area contributed by atoms with Crippen LogP contribution in [0.25, 0.3) is 11.6 Å². The normalized spacial score (nSPS) is 18.5. The molecule has 1 aliphatic heterocycles. The molecule has 1 aliphatic carbocycles. The second kappa shape index (κ2) is 19.1. The molecule has 1 aromatic heterocycles. The zero-order valence-corrected chi connectivity index (χ0v) is 37.5. The van der Waals surface area contributed by atoms with Crippen LogP contribution in [0.4, 0.5) is 17.1 Å². The molecule has 0 radical (unpaired) electrons. The molecule has 2 aliphatic rings. The number of allylic oxidation sites excluding steroid dienone is 1. The summed E-state index contributed by atoms with van der Waals surface area (Å²) in [5, 5.41) is 39.8. The second-order valence-electron chi connectivity index (χ2n) is 17.7. The van der Waals surface area contributed by atoms with Crippen molar-refractivity contribution in [2.24, 2.45) is 17.8 Å². The van der Waals surface area contributed by atoms with Crippen LogP contribution in [0.5, 0.6) is 5.75 Å². The highest BCUT2D eigenvalue weighted by molar-refractivity contribution is 6.99. The van der Waals surface area contributed by atoms with Gasteiger partial charge in [-0.1, -0.05) is 124 Å². The highest BCUT2D eigenvalue weighted by atomic mass is 28.4. The number of carbonyl (C=O) groups is 2. The van der Waals surface area contributed by atoms with Gasteiger partial charge in [-0.05, 0) is 112 Å². The number of aliphatic hydroxyl groups excluding tert-OH is 2. The molecule has 4 N–H and O–H groups in total. The number of phenolic OH excluding ortho intramolecular Hbond substituents is 1.